The van der Waals surface area contributed by atoms with Crippen LogP contribution < -0.4 is 10.2 Å². The van der Waals surface area contributed by atoms with Crippen molar-refractivity contribution in [2.75, 3.05) is 18.5 Å². The molecular formula is C19H26N2. The van der Waals surface area contributed by atoms with E-state index in [9.17, 15) is 0 Å². The normalized spacial score (nSPS) is 12.2. The highest BCUT2D eigenvalue weighted by molar-refractivity contribution is 5.66. The Balaban J connectivity index is 2.28. The van der Waals surface area contributed by atoms with Gasteiger partial charge in [-0.05, 0) is 50.6 Å². The van der Waals surface area contributed by atoms with Crippen LogP contribution in [-0.4, -0.2) is 13.6 Å². The summed E-state index contributed by atoms with van der Waals surface area (Å²) in [5, 5.41) is 3.58. The van der Waals surface area contributed by atoms with Crippen molar-refractivity contribution in [1.29, 1.82) is 0 Å². The molecule has 0 aliphatic heterocycles. The summed E-state index contributed by atoms with van der Waals surface area (Å²) in [6.07, 6.45) is 1.15. The van der Waals surface area contributed by atoms with E-state index in [0.29, 0.717) is 6.04 Å². The molecule has 0 aromatic heterocycles. The van der Waals surface area contributed by atoms with Crippen LogP contribution in [0.5, 0.6) is 0 Å². The maximum absolute atomic E-state index is 3.58. The number of hydrogen-bond donors (Lipinski definition) is 1. The number of hydrogen-bond acceptors (Lipinski definition) is 2. The van der Waals surface area contributed by atoms with E-state index >= 15 is 0 Å². The molecule has 0 aliphatic carbocycles. The molecule has 112 valence electrons. The summed E-state index contributed by atoms with van der Waals surface area (Å²) in [4.78, 5) is 2.26. The fourth-order valence-corrected chi connectivity index (χ4v) is 2.54. The summed E-state index contributed by atoms with van der Waals surface area (Å²) in [5.41, 5.74) is 5.11. The average Bonchev–Trinajstić information content (AvgIpc) is 2.52. The van der Waals surface area contributed by atoms with Crippen LogP contribution in [0.2, 0.25) is 0 Å². The van der Waals surface area contributed by atoms with Crippen LogP contribution in [0.25, 0.3) is 0 Å². The lowest BCUT2D eigenvalue weighted by Gasteiger charge is -2.26. The first-order chi connectivity index (χ1) is 10.1. The third-order valence-corrected chi connectivity index (χ3v) is 3.89. The lowest BCUT2D eigenvalue weighted by molar-refractivity contribution is 0.571. The van der Waals surface area contributed by atoms with Gasteiger partial charge in [0.1, 0.15) is 0 Å². The van der Waals surface area contributed by atoms with Gasteiger partial charge in [-0.15, -0.1) is 0 Å². The SMILES string of the molecule is CCCNC(C)c1ccccc1N(C)c1ccc(C)cc1. The topological polar surface area (TPSA) is 15.3 Å². The van der Waals surface area contributed by atoms with E-state index in [1.807, 2.05) is 0 Å². The quantitative estimate of drug-likeness (QED) is 0.817. The first-order valence-electron chi connectivity index (χ1n) is 7.76. The van der Waals surface area contributed by atoms with Crippen LogP contribution in [0.4, 0.5) is 11.4 Å². The van der Waals surface area contributed by atoms with Crippen molar-refractivity contribution in [3.63, 3.8) is 0 Å². The number of anilines is 2. The second kappa shape index (κ2) is 7.28. The zero-order valence-corrected chi connectivity index (χ0v) is 13.6. The number of nitrogens with zero attached hydrogens (tertiary/aromatic N) is 1. The molecule has 0 heterocycles. The molecule has 0 amide bonds. The smallest absolute Gasteiger partial charge is 0.0456 e. The summed E-state index contributed by atoms with van der Waals surface area (Å²) in [7, 11) is 2.13. The zero-order chi connectivity index (χ0) is 15.2. The zero-order valence-electron chi connectivity index (χ0n) is 13.6. The minimum Gasteiger partial charge on any atom is -0.344 e. The van der Waals surface area contributed by atoms with E-state index in [2.05, 4.69) is 86.6 Å². The van der Waals surface area contributed by atoms with Crippen molar-refractivity contribution in [1.82, 2.24) is 5.32 Å². The predicted octanol–water partition coefficient (Wildman–Crippen LogP) is 4.82. The van der Waals surface area contributed by atoms with Gasteiger partial charge in [-0.1, -0.05) is 42.8 Å². The molecule has 0 saturated carbocycles. The largest absolute Gasteiger partial charge is 0.344 e. The van der Waals surface area contributed by atoms with Gasteiger partial charge in [0.2, 0.25) is 0 Å². The van der Waals surface area contributed by atoms with E-state index in [0.717, 1.165) is 13.0 Å². The number of nitrogens with one attached hydrogen (secondary N) is 1. The molecule has 0 radical (unpaired) electrons. The van der Waals surface area contributed by atoms with E-state index in [-0.39, 0.29) is 0 Å². The van der Waals surface area contributed by atoms with E-state index in [4.69, 9.17) is 0 Å². The van der Waals surface area contributed by atoms with Gasteiger partial charge in [-0.25, -0.2) is 0 Å². The molecule has 2 aromatic rings. The highest BCUT2D eigenvalue weighted by atomic mass is 15.1. The van der Waals surface area contributed by atoms with Crippen LogP contribution in [0.1, 0.15) is 37.4 Å². The molecule has 0 aliphatic rings. The Hall–Kier alpha value is -1.80. The third-order valence-electron chi connectivity index (χ3n) is 3.89. The maximum atomic E-state index is 3.58. The van der Waals surface area contributed by atoms with Crippen molar-refractivity contribution >= 4 is 11.4 Å². The molecule has 0 spiro atoms. The van der Waals surface area contributed by atoms with Gasteiger partial charge in [0.15, 0.2) is 0 Å². The second-order valence-electron chi connectivity index (χ2n) is 5.63. The molecule has 1 atom stereocenters. The van der Waals surface area contributed by atoms with Crippen molar-refractivity contribution in [3.05, 3.63) is 59.7 Å². The highest BCUT2D eigenvalue weighted by Crippen LogP contribution is 2.30. The van der Waals surface area contributed by atoms with Gasteiger partial charge in [-0.3, -0.25) is 0 Å². The Labute approximate surface area is 128 Å². The monoisotopic (exact) mass is 282 g/mol. The van der Waals surface area contributed by atoms with Gasteiger partial charge in [0, 0.05) is 24.5 Å². The number of aryl methyl sites for hydroxylation is 1. The van der Waals surface area contributed by atoms with E-state index in [1.165, 1.54) is 22.5 Å². The Morgan fingerprint density at radius 3 is 2.38 bits per heavy atom. The molecule has 2 rings (SSSR count). The van der Waals surface area contributed by atoms with Gasteiger partial charge >= 0.3 is 0 Å². The van der Waals surface area contributed by atoms with Crippen molar-refractivity contribution in [2.24, 2.45) is 0 Å². The number of benzene rings is 2. The maximum Gasteiger partial charge on any atom is 0.0456 e. The fourth-order valence-electron chi connectivity index (χ4n) is 2.54. The van der Waals surface area contributed by atoms with Crippen LogP contribution in [0, 0.1) is 6.92 Å². The molecule has 2 heteroatoms. The fraction of sp³-hybridized carbons (Fsp3) is 0.368. The van der Waals surface area contributed by atoms with E-state index < -0.39 is 0 Å². The molecule has 2 nitrogen and oxygen atoms in total. The van der Waals surface area contributed by atoms with Gasteiger partial charge in [-0.2, -0.15) is 0 Å². The summed E-state index contributed by atoms with van der Waals surface area (Å²) in [5.74, 6) is 0. The summed E-state index contributed by atoms with van der Waals surface area (Å²) >= 11 is 0. The first-order valence-corrected chi connectivity index (χ1v) is 7.76. The Morgan fingerprint density at radius 1 is 1.05 bits per heavy atom. The Kier molecular flexibility index (Phi) is 5.40. The molecule has 21 heavy (non-hydrogen) atoms. The molecule has 0 fully saturated rings. The average molecular weight is 282 g/mol. The summed E-state index contributed by atoms with van der Waals surface area (Å²) in [6, 6.07) is 17.7. The molecule has 2 aromatic carbocycles. The van der Waals surface area contributed by atoms with Gasteiger partial charge < -0.3 is 10.2 Å². The van der Waals surface area contributed by atoms with Crippen molar-refractivity contribution < 1.29 is 0 Å². The van der Waals surface area contributed by atoms with Crippen LogP contribution in [0.15, 0.2) is 48.5 Å². The standard InChI is InChI=1S/C19H26N2/c1-5-14-20-16(3)18-8-6-7-9-19(18)21(4)17-12-10-15(2)11-13-17/h6-13,16,20H,5,14H2,1-4H3. The molecular weight excluding hydrogens is 256 g/mol. The predicted molar refractivity (Wildman–Crippen MR) is 92.4 cm³/mol. The molecule has 1 N–H and O–H groups in total. The van der Waals surface area contributed by atoms with Crippen molar-refractivity contribution in [2.45, 2.75) is 33.2 Å². The molecule has 1 unspecified atom stereocenters. The number of para-hydroxylation sites is 1. The molecule has 0 saturated heterocycles. The Bertz CT molecular complexity index is 560. The summed E-state index contributed by atoms with van der Waals surface area (Å²) < 4.78 is 0. The minimum atomic E-state index is 0.356. The first kappa shape index (κ1) is 15.6. The second-order valence-corrected chi connectivity index (χ2v) is 5.63. The third kappa shape index (κ3) is 3.85. The van der Waals surface area contributed by atoms with Gasteiger partial charge in [0.05, 0.1) is 0 Å². The Morgan fingerprint density at radius 2 is 1.71 bits per heavy atom. The number of rotatable bonds is 6. The van der Waals surface area contributed by atoms with Gasteiger partial charge in [0.25, 0.3) is 0 Å². The lowest BCUT2D eigenvalue weighted by Crippen LogP contribution is -2.22. The molecule has 0 bridgehead atoms. The summed E-state index contributed by atoms with van der Waals surface area (Å²) in [6.45, 7) is 7.60. The van der Waals surface area contributed by atoms with E-state index in [1.54, 1.807) is 0 Å². The van der Waals surface area contributed by atoms with Crippen LogP contribution in [0.3, 0.4) is 0 Å². The minimum absolute atomic E-state index is 0.356. The lowest BCUT2D eigenvalue weighted by atomic mass is 10.0. The van der Waals surface area contributed by atoms with Crippen LogP contribution >= 0.6 is 0 Å². The highest BCUT2D eigenvalue weighted by Gasteiger charge is 2.13. The van der Waals surface area contributed by atoms with Crippen molar-refractivity contribution in [3.8, 4) is 0 Å². The van der Waals surface area contributed by atoms with Crippen LogP contribution in [-0.2, 0) is 0 Å².